The van der Waals surface area contributed by atoms with E-state index in [-0.39, 0.29) is 0 Å². The fourth-order valence-corrected chi connectivity index (χ4v) is 7.64. The van der Waals surface area contributed by atoms with Crippen molar-refractivity contribution in [2.75, 3.05) is 0 Å². The van der Waals surface area contributed by atoms with Crippen LogP contribution in [0.5, 0.6) is 0 Å². The monoisotopic (exact) mass is 558 g/mol. The SMILES string of the molecule is c1ccc(-c2ccccc2-c2ccc3c4ccc5c6c7c(cccc7n5-c5ccccc5)c5ccccc5n(c3c2)c46)cc1. The highest BCUT2D eigenvalue weighted by atomic mass is 15.0. The highest BCUT2D eigenvalue weighted by Gasteiger charge is 2.23. The maximum absolute atomic E-state index is 2.53. The number of nitrogens with zero attached hydrogens (tertiary/aromatic N) is 2. The molecule has 0 saturated heterocycles. The van der Waals surface area contributed by atoms with Crippen LogP contribution in [0.4, 0.5) is 0 Å². The van der Waals surface area contributed by atoms with Crippen LogP contribution in [-0.2, 0) is 0 Å². The molecule has 0 saturated carbocycles. The van der Waals surface area contributed by atoms with E-state index in [1.54, 1.807) is 0 Å². The average molecular weight is 559 g/mol. The quantitative estimate of drug-likeness (QED) is 0.204. The van der Waals surface area contributed by atoms with E-state index in [0.29, 0.717) is 0 Å². The molecule has 0 aliphatic carbocycles. The first-order chi connectivity index (χ1) is 21.9. The molecular formula is C42H26N2. The number of para-hydroxylation sites is 2. The Morgan fingerprint density at radius 1 is 0.341 bits per heavy atom. The number of aromatic nitrogens is 2. The maximum atomic E-state index is 2.53. The van der Waals surface area contributed by atoms with Gasteiger partial charge in [-0.3, -0.25) is 0 Å². The maximum Gasteiger partial charge on any atom is 0.0641 e. The molecule has 0 N–H and O–H groups in total. The average Bonchev–Trinajstić information content (AvgIpc) is 3.57. The normalized spacial score (nSPS) is 12.1. The van der Waals surface area contributed by atoms with Crippen LogP contribution in [0.1, 0.15) is 0 Å². The minimum Gasteiger partial charge on any atom is -0.309 e. The highest BCUT2D eigenvalue weighted by molar-refractivity contribution is 6.33. The van der Waals surface area contributed by atoms with Crippen molar-refractivity contribution in [1.29, 1.82) is 0 Å². The van der Waals surface area contributed by atoms with Crippen molar-refractivity contribution in [3.8, 4) is 27.9 Å². The van der Waals surface area contributed by atoms with Gasteiger partial charge in [0, 0.05) is 32.6 Å². The van der Waals surface area contributed by atoms with Crippen LogP contribution < -0.4 is 0 Å². The first-order valence-electron chi connectivity index (χ1n) is 15.2. The van der Waals surface area contributed by atoms with Gasteiger partial charge in [0.25, 0.3) is 0 Å². The number of rotatable bonds is 3. The van der Waals surface area contributed by atoms with Gasteiger partial charge < -0.3 is 8.97 Å². The molecule has 10 rings (SSSR count). The molecule has 0 spiro atoms. The third kappa shape index (κ3) is 3.09. The standard InChI is InChI=1S/C42H26N2/c1-3-12-27(13-4-1)30-16-7-8-17-31(30)28-22-23-33-35-24-25-38-41-40-34(19-11-21-37(40)43(38)29-14-5-2-6-15-29)32-18-9-10-20-36(32)44(42(35)41)39(33)26-28/h1-26H. The summed E-state index contributed by atoms with van der Waals surface area (Å²) >= 11 is 0. The Morgan fingerprint density at radius 3 is 1.80 bits per heavy atom. The van der Waals surface area contributed by atoms with E-state index in [1.807, 2.05) is 0 Å². The van der Waals surface area contributed by atoms with E-state index >= 15 is 0 Å². The summed E-state index contributed by atoms with van der Waals surface area (Å²) in [4.78, 5) is 0. The molecule has 204 valence electrons. The predicted molar refractivity (Wildman–Crippen MR) is 186 cm³/mol. The summed E-state index contributed by atoms with van der Waals surface area (Å²) in [6.07, 6.45) is 0. The smallest absolute Gasteiger partial charge is 0.0641 e. The molecule has 0 bridgehead atoms. The predicted octanol–water partition coefficient (Wildman–Crippen LogP) is 11.3. The van der Waals surface area contributed by atoms with Gasteiger partial charge in [-0.2, -0.15) is 0 Å². The lowest BCUT2D eigenvalue weighted by atomic mass is 9.94. The molecule has 44 heavy (non-hydrogen) atoms. The van der Waals surface area contributed by atoms with Crippen LogP contribution in [0.15, 0.2) is 158 Å². The minimum atomic E-state index is 1.18. The van der Waals surface area contributed by atoms with Gasteiger partial charge in [-0.25, -0.2) is 0 Å². The van der Waals surface area contributed by atoms with Crippen molar-refractivity contribution < 1.29 is 0 Å². The van der Waals surface area contributed by atoms with E-state index in [4.69, 9.17) is 0 Å². The Kier molecular flexibility index (Phi) is 4.75. The summed E-state index contributed by atoms with van der Waals surface area (Å²) in [6, 6.07) is 57.6. The zero-order valence-electron chi connectivity index (χ0n) is 23.9. The number of hydrogen-bond acceptors (Lipinski definition) is 0. The van der Waals surface area contributed by atoms with Crippen molar-refractivity contribution in [3.05, 3.63) is 158 Å². The molecule has 0 atom stereocenters. The summed E-state index contributed by atoms with van der Waals surface area (Å²) in [6.45, 7) is 0. The van der Waals surface area contributed by atoms with Gasteiger partial charge in [0.1, 0.15) is 0 Å². The summed E-state index contributed by atoms with van der Waals surface area (Å²) in [5, 5.41) is 7.74. The van der Waals surface area contributed by atoms with Crippen LogP contribution in [0.3, 0.4) is 0 Å². The van der Waals surface area contributed by atoms with Gasteiger partial charge >= 0.3 is 0 Å². The molecule has 3 aromatic heterocycles. The van der Waals surface area contributed by atoms with Crippen LogP contribution in [0.25, 0.3) is 87.8 Å². The van der Waals surface area contributed by atoms with Gasteiger partial charge in [0.05, 0.1) is 27.6 Å². The Balaban J connectivity index is 1.41. The van der Waals surface area contributed by atoms with Gasteiger partial charge in [0.15, 0.2) is 0 Å². The van der Waals surface area contributed by atoms with Crippen LogP contribution in [0.2, 0.25) is 0 Å². The van der Waals surface area contributed by atoms with Crippen LogP contribution >= 0.6 is 0 Å². The van der Waals surface area contributed by atoms with Crippen molar-refractivity contribution >= 4 is 59.9 Å². The van der Waals surface area contributed by atoms with Gasteiger partial charge in [0.2, 0.25) is 0 Å². The first-order valence-corrected chi connectivity index (χ1v) is 15.2. The molecular weight excluding hydrogens is 532 g/mol. The lowest BCUT2D eigenvalue weighted by Crippen LogP contribution is -1.93. The topological polar surface area (TPSA) is 9.34 Å². The molecule has 2 nitrogen and oxygen atoms in total. The van der Waals surface area contributed by atoms with Crippen LogP contribution in [-0.4, -0.2) is 8.97 Å². The minimum absolute atomic E-state index is 1.18. The molecule has 3 heterocycles. The first kappa shape index (κ1) is 23.7. The largest absolute Gasteiger partial charge is 0.309 e. The lowest BCUT2D eigenvalue weighted by Gasteiger charge is -2.11. The molecule has 10 aromatic rings. The molecule has 0 aliphatic rings. The summed E-state index contributed by atoms with van der Waals surface area (Å²) in [7, 11) is 0. The number of hydrogen-bond donors (Lipinski definition) is 0. The molecule has 2 heteroatoms. The van der Waals surface area contributed by atoms with Crippen molar-refractivity contribution in [2.45, 2.75) is 0 Å². The van der Waals surface area contributed by atoms with Gasteiger partial charge in [-0.05, 0) is 64.0 Å². The third-order valence-electron chi connectivity index (χ3n) is 9.45. The fourth-order valence-electron chi connectivity index (χ4n) is 7.64. The Hall–Kier alpha value is -5.86. The lowest BCUT2D eigenvalue weighted by molar-refractivity contribution is 1.18. The van der Waals surface area contributed by atoms with Gasteiger partial charge in [-0.1, -0.05) is 121 Å². The van der Waals surface area contributed by atoms with E-state index in [1.165, 1.54) is 87.8 Å². The fraction of sp³-hybridized carbons (Fsp3) is 0. The summed E-state index contributed by atoms with van der Waals surface area (Å²) in [5.74, 6) is 0. The second-order valence-electron chi connectivity index (χ2n) is 11.7. The summed E-state index contributed by atoms with van der Waals surface area (Å²) < 4.78 is 4.97. The number of fused-ring (bicyclic) bond motifs is 6. The van der Waals surface area contributed by atoms with E-state index in [0.717, 1.165) is 0 Å². The van der Waals surface area contributed by atoms with Crippen LogP contribution in [0, 0.1) is 0 Å². The molecule has 7 aromatic carbocycles. The van der Waals surface area contributed by atoms with E-state index < -0.39 is 0 Å². The Labute approximate surface area is 254 Å². The zero-order chi connectivity index (χ0) is 28.8. The highest BCUT2D eigenvalue weighted by Crippen LogP contribution is 2.46. The molecule has 0 radical (unpaired) electrons. The number of benzene rings is 7. The van der Waals surface area contributed by atoms with E-state index in [2.05, 4.69) is 167 Å². The Morgan fingerprint density at radius 2 is 0.955 bits per heavy atom. The Bertz CT molecular complexity index is 2690. The van der Waals surface area contributed by atoms with Crippen molar-refractivity contribution in [2.24, 2.45) is 0 Å². The molecule has 0 amide bonds. The zero-order valence-corrected chi connectivity index (χ0v) is 23.9. The van der Waals surface area contributed by atoms with Crippen molar-refractivity contribution in [3.63, 3.8) is 0 Å². The second-order valence-corrected chi connectivity index (χ2v) is 11.7. The third-order valence-corrected chi connectivity index (χ3v) is 9.45. The molecule has 0 aliphatic heterocycles. The molecule has 0 unspecified atom stereocenters. The second kappa shape index (κ2) is 8.82. The summed E-state index contributed by atoms with van der Waals surface area (Å²) in [5.41, 5.74) is 12.3. The van der Waals surface area contributed by atoms with Gasteiger partial charge in [-0.15, -0.1) is 0 Å². The van der Waals surface area contributed by atoms with E-state index in [9.17, 15) is 0 Å². The van der Waals surface area contributed by atoms with Crippen molar-refractivity contribution in [1.82, 2.24) is 8.97 Å². The molecule has 0 fully saturated rings.